The molecule has 3 rings (SSSR count). The molecule has 3 aromatic rings. The van der Waals surface area contributed by atoms with Crippen molar-refractivity contribution in [3.8, 4) is 17.0 Å². The Bertz CT molecular complexity index is 785. The van der Waals surface area contributed by atoms with Crippen LogP contribution < -0.4 is 4.74 Å². The number of carbonyl (C=O) groups excluding carboxylic acids is 1. The highest BCUT2D eigenvalue weighted by Crippen LogP contribution is 2.15. The van der Waals surface area contributed by atoms with Crippen LogP contribution in [0.5, 0.6) is 5.75 Å². The largest absolute Gasteiger partial charge is 0.497 e. The third kappa shape index (κ3) is 3.58. The van der Waals surface area contributed by atoms with Gasteiger partial charge in [0.05, 0.1) is 19.2 Å². The molecule has 2 heterocycles. The molecule has 23 heavy (non-hydrogen) atoms. The van der Waals surface area contributed by atoms with Crippen LogP contribution in [0, 0.1) is 0 Å². The minimum absolute atomic E-state index is 0.0294. The highest BCUT2D eigenvalue weighted by Gasteiger charge is 2.10. The predicted octanol–water partition coefficient (Wildman–Crippen LogP) is 2.97. The smallest absolute Gasteiger partial charge is 0.170 e. The number of methoxy groups -OCH3 is 1. The summed E-state index contributed by atoms with van der Waals surface area (Å²) in [6.45, 7) is 0. The lowest BCUT2D eigenvalue weighted by atomic mass is 10.1. The molecule has 0 radical (unpaired) electrons. The van der Waals surface area contributed by atoms with E-state index in [9.17, 15) is 4.79 Å². The molecule has 0 unspecified atom stereocenters. The van der Waals surface area contributed by atoms with Gasteiger partial charge in [0, 0.05) is 29.7 Å². The molecule has 0 saturated carbocycles. The quantitative estimate of drug-likeness (QED) is 0.678. The first kappa shape index (κ1) is 14.8. The van der Waals surface area contributed by atoms with E-state index < -0.39 is 0 Å². The van der Waals surface area contributed by atoms with Crippen LogP contribution in [0.25, 0.3) is 11.3 Å². The van der Waals surface area contributed by atoms with Gasteiger partial charge < -0.3 is 4.74 Å². The van der Waals surface area contributed by atoms with E-state index in [0.717, 1.165) is 17.0 Å². The summed E-state index contributed by atoms with van der Waals surface area (Å²) >= 11 is 0. The van der Waals surface area contributed by atoms with Crippen LogP contribution in [0.15, 0.2) is 61.1 Å². The van der Waals surface area contributed by atoms with E-state index in [1.165, 1.54) is 0 Å². The Morgan fingerprint density at radius 3 is 2.35 bits per heavy atom. The normalized spacial score (nSPS) is 10.3. The Hall–Kier alpha value is -3.08. The average Bonchev–Trinajstić information content (AvgIpc) is 2.63. The fourth-order valence-corrected chi connectivity index (χ4v) is 2.13. The topological polar surface area (TPSA) is 65.0 Å². The molecule has 0 aliphatic heterocycles. The second-order valence-electron chi connectivity index (χ2n) is 4.93. The van der Waals surface area contributed by atoms with Gasteiger partial charge in [-0.3, -0.25) is 9.78 Å². The van der Waals surface area contributed by atoms with Crippen LogP contribution in [0.3, 0.4) is 0 Å². The summed E-state index contributed by atoms with van der Waals surface area (Å²) in [4.78, 5) is 25.0. The lowest BCUT2D eigenvalue weighted by Crippen LogP contribution is -2.07. The van der Waals surface area contributed by atoms with E-state index in [2.05, 4.69) is 15.0 Å². The van der Waals surface area contributed by atoms with Gasteiger partial charge in [0.1, 0.15) is 11.6 Å². The zero-order chi connectivity index (χ0) is 16.1. The van der Waals surface area contributed by atoms with Gasteiger partial charge in [-0.1, -0.05) is 6.07 Å². The van der Waals surface area contributed by atoms with Crippen molar-refractivity contribution in [2.75, 3.05) is 7.11 Å². The van der Waals surface area contributed by atoms with Crippen molar-refractivity contribution < 1.29 is 9.53 Å². The van der Waals surface area contributed by atoms with Gasteiger partial charge in [0.2, 0.25) is 0 Å². The molecule has 1 aromatic carbocycles. The molecule has 5 nitrogen and oxygen atoms in total. The maximum absolute atomic E-state index is 12.2. The van der Waals surface area contributed by atoms with Crippen LogP contribution in [0.4, 0.5) is 0 Å². The van der Waals surface area contributed by atoms with Gasteiger partial charge in [-0.15, -0.1) is 0 Å². The van der Waals surface area contributed by atoms with Gasteiger partial charge in [-0.25, -0.2) is 9.97 Å². The SMILES string of the molecule is COc1ccc(C(=O)Cc2ncc(-c3ccccn3)cn2)cc1. The minimum atomic E-state index is -0.0294. The molecule has 0 aliphatic carbocycles. The van der Waals surface area contributed by atoms with Crippen molar-refractivity contribution in [2.24, 2.45) is 0 Å². The van der Waals surface area contributed by atoms with Crippen molar-refractivity contribution in [1.82, 2.24) is 15.0 Å². The fourth-order valence-electron chi connectivity index (χ4n) is 2.13. The maximum Gasteiger partial charge on any atom is 0.170 e. The number of hydrogen-bond acceptors (Lipinski definition) is 5. The number of rotatable bonds is 5. The molecular formula is C18H15N3O2. The lowest BCUT2D eigenvalue weighted by molar-refractivity contribution is 0.0991. The van der Waals surface area contributed by atoms with Crippen LogP contribution in [-0.4, -0.2) is 27.8 Å². The van der Waals surface area contributed by atoms with Gasteiger partial charge in [-0.05, 0) is 36.4 Å². The molecule has 0 amide bonds. The zero-order valence-electron chi connectivity index (χ0n) is 12.6. The Labute approximate surface area is 134 Å². The van der Waals surface area contributed by atoms with E-state index in [1.54, 1.807) is 50.0 Å². The third-order valence-corrected chi connectivity index (χ3v) is 3.40. The van der Waals surface area contributed by atoms with Crippen molar-refractivity contribution >= 4 is 5.78 Å². The highest BCUT2D eigenvalue weighted by atomic mass is 16.5. The minimum Gasteiger partial charge on any atom is -0.497 e. The van der Waals surface area contributed by atoms with E-state index >= 15 is 0 Å². The highest BCUT2D eigenvalue weighted by molar-refractivity contribution is 5.97. The van der Waals surface area contributed by atoms with Crippen molar-refractivity contribution in [3.05, 3.63) is 72.4 Å². The number of pyridine rings is 1. The van der Waals surface area contributed by atoms with Gasteiger partial charge in [0.15, 0.2) is 5.78 Å². The number of ketones is 1. The Morgan fingerprint density at radius 1 is 1.00 bits per heavy atom. The average molecular weight is 305 g/mol. The van der Waals surface area contributed by atoms with Crippen LogP contribution >= 0.6 is 0 Å². The number of aromatic nitrogens is 3. The van der Waals surface area contributed by atoms with Crippen LogP contribution in [0.2, 0.25) is 0 Å². The zero-order valence-corrected chi connectivity index (χ0v) is 12.6. The lowest BCUT2D eigenvalue weighted by Gasteiger charge is -2.04. The van der Waals surface area contributed by atoms with Gasteiger partial charge in [0.25, 0.3) is 0 Å². The standard InChI is InChI=1S/C18H15N3O2/c1-23-15-7-5-13(6-8-15)17(22)10-18-20-11-14(12-21-18)16-4-2-3-9-19-16/h2-9,11-12H,10H2,1H3. The molecule has 114 valence electrons. The molecule has 0 spiro atoms. The van der Waals surface area contributed by atoms with E-state index in [4.69, 9.17) is 4.74 Å². The number of benzene rings is 1. The monoisotopic (exact) mass is 305 g/mol. The molecule has 0 bridgehead atoms. The van der Waals surface area contributed by atoms with E-state index in [1.807, 2.05) is 18.2 Å². The van der Waals surface area contributed by atoms with E-state index in [-0.39, 0.29) is 12.2 Å². The summed E-state index contributed by atoms with van der Waals surface area (Å²) in [6.07, 6.45) is 5.25. The van der Waals surface area contributed by atoms with Crippen molar-refractivity contribution in [1.29, 1.82) is 0 Å². The molecule has 0 N–H and O–H groups in total. The Morgan fingerprint density at radius 2 is 1.74 bits per heavy atom. The van der Waals surface area contributed by atoms with Crippen molar-refractivity contribution in [3.63, 3.8) is 0 Å². The summed E-state index contributed by atoms with van der Waals surface area (Å²) in [6, 6.07) is 12.7. The first-order chi connectivity index (χ1) is 11.3. The summed E-state index contributed by atoms with van der Waals surface area (Å²) in [5.41, 5.74) is 2.25. The molecule has 0 fully saturated rings. The Balaban J connectivity index is 1.71. The third-order valence-electron chi connectivity index (χ3n) is 3.40. The molecule has 0 atom stereocenters. The van der Waals surface area contributed by atoms with Gasteiger partial charge >= 0.3 is 0 Å². The Kier molecular flexibility index (Phi) is 4.38. The maximum atomic E-state index is 12.2. The summed E-state index contributed by atoms with van der Waals surface area (Å²) in [7, 11) is 1.59. The summed E-state index contributed by atoms with van der Waals surface area (Å²) in [5, 5.41) is 0. The number of carbonyl (C=O) groups is 1. The number of Topliss-reactive ketones (excluding diaryl/α,β-unsaturated/α-hetero) is 1. The fraction of sp³-hybridized carbons (Fsp3) is 0.111. The van der Waals surface area contributed by atoms with Gasteiger partial charge in [-0.2, -0.15) is 0 Å². The molecule has 0 saturated heterocycles. The number of ether oxygens (including phenoxy) is 1. The summed E-state index contributed by atoms with van der Waals surface area (Å²) < 4.78 is 5.08. The summed E-state index contributed by atoms with van der Waals surface area (Å²) in [5.74, 6) is 1.18. The van der Waals surface area contributed by atoms with Crippen molar-refractivity contribution in [2.45, 2.75) is 6.42 Å². The number of nitrogens with zero attached hydrogens (tertiary/aromatic N) is 3. The first-order valence-corrected chi connectivity index (χ1v) is 7.16. The molecule has 5 heteroatoms. The number of hydrogen-bond donors (Lipinski definition) is 0. The van der Waals surface area contributed by atoms with Crippen LogP contribution in [-0.2, 0) is 6.42 Å². The van der Waals surface area contributed by atoms with E-state index in [0.29, 0.717) is 11.4 Å². The molecule has 2 aromatic heterocycles. The molecular weight excluding hydrogens is 290 g/mol. The second kappa shape index (κ2) is 6.79. The molecule has 0 aliphatic rings. The predicted molar refractivity (Wildman–Crippen MR) is 86.3 cm³/mol. The van der Waals surface area contributed by atoms with Crippen LogP contribution in [0.1, 0.15) is 16.2 Å². The first-order valence-electron chi connectivity index (χ1n) is 7.16. The second-order valence-corrected chi connectivity index (χ2v) is 4.93.